The molecule has 0 spiro atoms. The second-order valence-electron chi connectivity index (χ2n) is 4.07. The van der Waals surface area contributed by atoms with Crippen LogP contribution in [0.25, 0.3) is 0 Å². The van der Waals surface area contributed by atoms with Gasteiger partial charge >= 0.3 is 0 Å². The van der Waals surface area contributed by atoms with E-state index in [0.29, 0.717) is 19.1 Å². The molecule has 1 aromatic rings. The number of hydrogen-bond acceptors (Lipinski definition) is 4. The van der Waals surface area contributed by atoms with Gasteiger partial charge in [0, 0.05) is 12.5 Å². The van der Waals surface area contributed by atoms with E-state index in [1.807, 2.05) is 0 Å². The first-order chi connectivity index (χ1) is 8.19. The SMILES string of the molecule is C=CCOc1cnc(C(C)C)nc1CNCC. The van der Waals surface area contributed by atoms with Crippen molar-refractivity contribution in [2.24, 2.45) is 0 Å². The molecule has 17 heavy (non-hydrogen) atoms. The molecule has 0 fully saturated rings. The van der Waals surface area contributed by atoms with Crippen molar-refractivity contribution < 1.29 is 4.74 Å². The van der Waals surface area contributed by atoms with E-state index in [1.54, 1.807) is 12.3 Å². The summed E-state index contributed by atoms with van der Waals surface area (Å²) in [7, 11) is 0. The highest BCUT2D eigenvalue weighted by Crippen LogP contribution is 2.18. The molecule has 0 saturated heterocycles. The zero-order chi connectivity index (χ0) is 12.7. The molecule has 0 atom stereocenters. The van der Waals surface area contributed by atoms with Gasteiger partial charge in [0.2, 0.25) is 0 Å². The number of nitrogens with zero attached hydrogens (tertiary/aromatic N) is 2. The Balaban J connectivity index is 2.89. The molecule has 0 aliphatic carbocycles. The third kappa shape index (κ3) is 4.15. The van der Waals surface area contributed by atoms with E-state index in [9.17, 15) is 0 Å². The van der Waals surface area contributed by atoms with Crippen LogP contribution in [0, 0.1) is 0 Å². The second-order valence-corrected chi connectivity index (χ2v) is 4.07. The first-order valence-corrected chi connectivity index (χ1v) is 5.99. The van der Waals surface area contributed by atoms with E-state index in [1.165, 1.54) is 0 Å². The van der Waals surface area contributed by atoms with Crippen molar-refractivity contribution in [1.29, 1.82) is 0 Å². The summed E-state index contributed by atoms with van der Waals surface area (Å²) in [6.07, 6.45) is 3.46. The van der Waals surface area contributed by atoms with E-state index >= 15 is 0 Å². The summed E-state index contributed by atoms with van der Waals surface area (Å²) in [5, 5.41) is 3.25. The van der Waals surface area contributed by atoms with Crippen LogP contribution in [0.3, 0.4) is 0 Å². The minimum absolute atomic E-state index is 0.323. The predicted octanol–water partition coefficient (Wildman–Crippen LogP) is 2.27. The molecule has 0 bridgehead atoms. The molecule has 0 saturated carbocycles. The molecule has 0 aromatic carbocycles. The number of ether oxygens (including phenoxy) is 1. The van der Waals surface area contributed by atoms with Gasteiger partial charge in [-0.05, 0) is 6.54 Å². The Bertz CT molecular complexity index is 364. The lowest BCUT2D eigenvalue weighted by molar-refractivity contribution is 0.352. The van der Waals surface area contributed by atoms with Gasteiger partial charge in [-0.25, -0.2) is 9.97 Å². The Morgan fingerprint density at radius 3 is 2.88 bits per heavy atom. The molecule has 0 aliphatic heterocycles. The Morgan fingerprint density at radius 2 is 2.29 bits per heavy atom. The van der Waals surface area contributed by atoms with Gasteiger partial charge in [0.15, 0.2) is 5.75 Å². The van der Waals surface area contributed by atoms with Gasteiger partial charge in [-0.2, -0.15) is 0 Å². The molecule has 1 heterocycles. The zero-order valence-electron chi connectivity index (χ0n) is 10.9. The fourth-order valence-corrected chi connectivity index (χ4v) is 1.34. The van der Waals surface area contributed by atoms with Gasteiger partial charge in [-0.3, -0.25) is 0 Å². The average molecular weight is 235 g/mol. The molecular formula is C13H21N3O. The van der Waals surface area contributed by atoms with Crippen molar-refractivity contribution >= 4 is 0 Å². The van der Waals surface area contributed by atoms with Crippen LogP contribution in [0.2, 0.25) is 0 Å². The maximum absolute atomic E-state index is 5.54. The maximum Gasteiger partial charge on any atom is 0.160 e. The van der Waals surface area contributed by atoms with Crippen LogP contribution in [0.15, 0.2) is 18.9 Å². The summed E-state index contributed by atoms with van der Waals surface area (Å²) in [4.78, 5) is 8.83. The summed E-state index contributed by atoms with van der Waals surface area (Å²) in [6, 6.07) is 0. The molecule has 0 radical (unpaired) electrons. The Hall–Kier alpha value is -1.42. The average Bonchev–Trinajstić information content (AvgIpc) is 2.34. The predicted molar refractivity (Wildman–Crippen MR) is 69.2 cm³/mol. The van der Waals surface area contributed by atoms with Gasteiger partial charge in [-0.15, -0.1) is 0 Å². The van der Waals surface area contributed by atoms with Crippen LogP contribution in [-0.2, 0) is 6.54 Å². The minimum atomic E-state index is 0.323. The van der Waals surface area contributed by atoms with E-state index in [4.69, 9.17) is 4.74 Å². The summed E-state index contributed by atoms with van der Waals surface area (Å²) < 4.78 is 5.54. The third-order valence-corrected chi connectivity index (χ3v) is 2.26. The standard InChI is InChI=1S/C13H21N3O/c1-5-7-17-12-9-15-13(10(3)4)16-11(12)8-14-6-2/h5,9-10,14H,1,6-8H2,2-4H3. The van der Waals surface area contributed by atoms with Crippen molar-refractivity contribution in [3.05, 3.63) is 30.4 Å². The van der Waals surface area contributed by atoms with Gasteiger partial charge in [0.05, 0.1) is 11.9 Å². The fourth-order valence-electron chi connectivity index (χ4n) is 1.34. The van der Waals surface area contributed by atoms with Gasteiger partial charge in [0.1, 0.15) is 12.4 Å². The maximum atomic E-state index is 5.54. The summed E-state index contributed by atoms with van der Waals surface area (Å²) >= 11 is 0. The highest BCUT2D eigenvalue weighted by atomic mass is 16.5. The van der Waals surface area contributed by atoms with Crippen molar-refractivity contribution in [3.8, 4) is 5.75 Å². The molecular weight excluding hydrogens is 214 g/mol. The van der Waals surface area contributed by atoms with Crippen LogP contribution < -0.4 is 10.1 Å². The minimum Gasteiger partial charge on any atom is -0.486 e. The monoisotopic (exact) mass is 235 g/mol. The van der Waals surface area contributed by atoms with Crippen molar-refractivity contribution in [1.82, 2.24) is 15.3 Å². The van der Waals surface area contributed by atoms with Gasteiger partial charge in [0.25, 0.3) is 0 Å². The molecule has 4 heteroatoms. The smallest absolute Gasteiger partial charge is 0.160 e. The lowest BCUT2D eigenvalue weighted by Gasteiger charge is -2.12. The molecule has 4 nitrogen and oxygen atoms in total. The molecule has 0 unspecified atom stereocenters. The van der Waals surface area contributed by atoms with Crippen molar-refractivity contribution in [3.63, 3.8) is 0 Å². The first-order valence-electron chi connectivity index (χ1n) is 5.99. The lowest BCUT2D eigenvalue weighted by atomic mass is 10.2. The highest BCUT2D eigenvalue weighted by Gasteiger charge is 2.10. The van der Waals surface area contributed by atoms with Crippen molar-refractivity contribution in [2.45, 2.75) is 33.2 Å². The number of rotatable bonds is 7. The molecule has 1 rings (SSSR count). The van der Waals surface area contributed by atoms with Crippen LogP contribution in [-0.4, -0.2) is 23.1 Å². The van der Waals surface area contributed by atoms with E-state index < -0.39 is 0 Å². The fraction of sp³-hybridized carbons (Fsp3) is 0.538. The van der Waals surface area contributed by atoms with E-state index in [2.05, 4.69) is 42.6 Å². The summed E-state index contributed by atoms with van der Waals surface area (Å²) in [5.41, 5.74) is 0.910. The number of aromatic nitrogens is 2. The Morgan fingerprint density at radius 1 is 1.53 bits per heavy atom. The first kappa shape index (κ1) is 13.6. The summed E-state index contributed by atoms with van der Waals surface area (Å²) in [6.45, 7) is 11.9. The zero-order valence-corrected chi connectivity index (χ0v) is 10.9. The van der Waals surface area contributed by atoms with Crippen LogP contribution in [0.1, 0.15) is 38.2 Å². The normalized spacial score (nSPS) is 10.6. The number of nitrogens with one attached hydrogen (secondary N) is 1. The molecule has 0 amide bonds. The second kappa shape index (κ2) is 7.01. The van der Waals surface area contributed by atoms with Crippen LogP contribution in [0.4, 0.5) is 0 Å². The lowest BCUT2D eigenvalue weighted by Crippen LogP contribution is -2.16. The van der Waals surface area contributed by atoms with Crippen LogP contribution >= 0.6 is 0 Å². The topological polar surface area (TPSA) is 47.0 Å². The molecule has 0 aliphatic rings. The Kier molecular flexibility index (Phi) is 5.63. The molecule has 1 N–H and O–H groups in total. The summed E-state index contributed by atoms with van der Waals surface area (Å²) in [5.74, 6) is 1.91. The third-order valence-electron chi connectivity index (χ3n) is 2.26. The Labute approximate surface area is 103 Å². The van der Waals surface area contributed by atoms with Crippen LogP contribution in [0.5, 0.6) is 5.75 Å². The molecule has 1 aromatic heterocycles. The van der Waals surface area contributed by atoms with Crippen molar-refractivity contribution in [2.75, 3.05) is 13.2 Å². The quantitative estimate of drug-likeness (QED) is 0.736. The van der Waals surface area contributed by atoms with E-state index in [-0.39, 0.29) is 0 Å². The highest BCUT2D eigenvalue weighted by molar-refractivity contribution is 5.25. The van der Waals surface area contributed by atoms with Gasteiger partial charge in [-0.1, -0.05) is 33.4 Å². The molecule has 94 valence electrons. The van der Waals surface area contributed by atoms with E-state index in [0.717, 1.165) is 23.8 Å². The largest absolute Gasteiger partial charge is 0.486 e. The number of hydrogen-bond donors (Lipinski definition) is 1. The van der Waals surface area contributed by atoms with Gasteiger partial charge < -0.3 is 10.1 Å².